The molecule has 4 rings (SSSR count). The minimum atomic E-state index is -0.193. The lowest BCUT2D eigenvalue weighted by molar-refractivity contribution is 0.0690. The summed E-state index contributed by atoms with van der Waals surface area (Å²) in [6.45, 7) is 4.85. The van der Waals surface area contributed by atoms with E-state index in [1.807, 2.05) is 55.1 Å². The minimum absolute atomic E-state index is 0.0236. The van der Waals surface area contributed by atoms with Crippen LogP contribution in [0.15, 0.2) is 53.3 Å². The number of hydrogen-bond acceptors (Lipinski definition) is 4. The van der Waals surface area contributed by atoms with E-state index in [1.165, 1.54) is 0 Å². The number of furan rings is 1. The molecule has 0 aromatic carbocycles. The molecule has 0 aliphatic carbocycles. The highest BCUT2D eigenvalue weighted by molar-refractivity contribution is 5.94. The number of nitrogens with zero attached hydrogens (tertiary/aromatic N) is 3. The zero-order valence-corrected chi connectivity index (χ0v) is 16.6. The van der Waals surface area contributed by atoms with Gasteiger partial charge in [-0.05, 0) is 57.0 Å². The molecule has 2 amide bonds. The minimum Gasteiger partial charge on any atom is -0.456 e. The molecule has 3 aromatic rings. The summed E-state index contributed by atoms with van der Waals surface area (Å²) >= 11 is 0. The van der Waals surface area contributed by atoms with Crippen molar-refractivity contribution in [2.75, 3.05) is 13.1 Å². The summed E-state index contributed by atoms with van der Waals surface area (Å²) in [6.07, 6.45) is 6.92. The average Bonchev–Trinajstić information content (AvgIpc) is 3.38. The molecule has 29 heavy (non-hydrogen) atoms. The van der Waals surface area contributed by atoms with Gasteiger partial charge in [-0.2, -0.15) is 0 Å². The van der Waals surface area contributed by atoms with Gasteiger partial charge in [-0.25, -0.2) is 0 Å². The Morgan fingerprint density at radius 1 is 1.14 bits per heavy atom. The molecular formula is C22H24N4O3. The first kappa shape index (κ1) is 19.0. The zero-order valence-electron chi connectivity index (χ0n) is 16.6. The third-order valence-corrected chi connectivity index (χ3v) is 5.23. The van der Waals surface area contributed by atoms with E-state index in [2.05, 4.69) is 10.3 Å². The molecule has 7 nitrogen and oxygen atoms in total. The van der Waals surface area contributed by atoms with Crippen LogP contribution in [0.5, 0.6) is 0 Å². The highest BCUT2D eigenvalue weighted by Gasteiger charge is 2.26. The number of aromatic nitrogens is 2. The van der Waals surface area contributed by atoms with Crippen molar-refractivity contribution in [1.82, 2.24) is 19.8 Å². The second-order valence-electron chi connectivity index (χ2n) is 7.40. The number of nitrogens with one attached hydrogen (secondary N) is 1. The largest absolute Gasteiger partial charge is 0.456 e. The van der Waals surface area contributed by atoms with Crippen molar-refractivity contribution >= 4 is 11.8 Å². The van der Waals surface area contributed by atoms with Crippen LogP contribution < -0.4 is 5.32 Å². The maximum absolute atomic E-state index is 12.9. The molecule has 1 aliphatic rings. The van der Waals surface area contributed by atoms with Crippen molar-refractivity contribution in [1.29, 1.82) is 0 Å². The zero-order chi connectivity index (χ0) is 20.4. The van der Waals surface area contributed by atoms with E-state index < -0.39 is 0 Å². The molecule has 0 radical (unpaired) electrons. The van der Waals surface area contributed by atoms with Crippen LogP contribution in [-0.4, -0.2) is 45.4 Å². The van der Waals surface area contributed by atoms with Gasteiger partial charge in [-0.15, -0.1) is 0 Å². The molecule has 0 spiro atoms. The van der Waals surface area contributed by atoms with Crippen molar-refractivity contribution in [2.45, 2.75) is 32.7 Å². The number of carbonyl (C=O) groups is 2. The van der Waals surface area contributed by atoms with Crippen LogP contribution >= 0.6 is 0 Å². The Morgan fingerprint density at radius 3 is 2.52 bits per heavy atom. The molecule has 1 aliphatic heterocycles. The highest BCUT2D eigenvalue weighted by atomic mass is 16.3. The van der Waals surface area contributed by atoms with E-state index in [-0.39, 0.29) is 17.9 Å². The van der Waals surface area contributed by atoms with Gasteiger partial charge in [0.25, 0.3) is 11.8 Å². The molecule has 1 fully saturated rings. The summed E-state index contributed by atoms with van der Waals surface area (Å²) in [5, 5.41) is 3.03. The molecule has 0 unspecified atom stereocenters. The Balaban J connectivity index is 1.36. The van der Waals surface area contributed by atoms with Gasteiger partial charge in [0.05, 0.1) is 0 Å². The standard InChI is InChI=1S/C22H24N4O3/c1-15-13-16(2)29-20(15)21(27)24-17-6-11-26(12-7-17)22(28)19-14-18(5-8-23-19)25-9-3-4-10-25/h3-5,8-10,13-14,17H,6-7,11-12H2,1-2H3,(H,24,27). The summed E-state index contributed by atoms with van der Waals surface area (Å²) in [5.74, 6) is 0.817. The van der Waals surface area contributed by atoms with Crippen LogP contribution in [0.2, 0.25) is 0 Å². The molecule has 7 heteroatoms. The fourth-order valence-electron chi connectivity index (χ4n) is 3.71. The summed E-state index contributed by atoms with van der Waals surface area (Å²) in [7, 11) is 0. The van der Waals surface area contributed by atoms with E-state index >= 15 is 0 Å². The smallest absolute Gasteiger partial charge is 0.287 e. The monoisotopic (exact) mass is 392 g/mol. The van der Waals surface area contributed by atoms with E-state index in [1.54, 1.807) is 17.2 Å². The van der Waals surface area contributed by atoms with Crippen molar-refractivity contribution in [3.05, 3.63) is 71.7 Å². The van der Waals surface area contributed by atoms with Gasteiger partial charge < -0.3 is 19.2 Å². The highest BCUT2D eigenvalue weighted by Crippen LogP contribution is 2.18. The Labute approximate surface area is 169 Å². The van der Waals surface area contributed by atoms with E-state index in [0.717, 1.165) is 17.0 Å². The van der Waals surface area contributed by atoms with Crippen LogP contribution in [0.1, 0.15) is 45.2 Å². The first-order valence-corrected chi connectivity index (χ1v) is 9.78. The Kier molecular flexibility index (Phi) is 5.20. The van der Waals surface area contributed by atoms with Crippen LogP contribution in [0.3, 0.4) is 0 Å². The van der Waals surface area contributed by atoms with Crippen LogP contribution in [-0.2, 0) is 0 Å². The Morgan fingerprint density at radius 2 is 1.86 bits per heavy atom. The van der Waals surface area contributed by atoms with Crippen molar-refractivity contribution in [3.63, 3.8) is 0 Å². The predicted octanol–water partition coefficient (Wildman–Crippen LogP) is 3.12. The fourth-order valence-corrected chi connectivity index (χ4v) is 3.71. The predicted molar refractivity (Wildman–Crippen MR) is 108 cm³/mol. The average molecular weight is 392 g/mol. The molecule has 4 heterocycles. The number of hydrogen-bond donors (Lipinski definition) is 1. The van der Waals surface area contributed by atoms with Crippen molar-refractivity contribution in [3.8, 4) is 5.69 Å². The summed E-state index contributed by atoms with van der Waals surface area (Å²) in [4.78, 5) is 31.4. The van der Waals surface area contributed by atoms with Gasteiger partial charge in [-0.3, -0.25) is 14.6 Å². The topological polar surface area (TPSA) is 80.4 Å². The van der Waals surface area contributed by atoms with Gasteiger partial charge in [0.2, 0.25) is 0 Å². The second-order valence-corrected chi connectivity index (χ2v) is 7.40. The van der Waals surface area contributed by atoms with Crippen molar-refractivity contribution < 1.29 is 14.0 Å². The van der Waals surface area contributed by atoms with Crippen LogP contribution in [0.25, 0.3) is 5.69 Å². The van der Waals surface area contributed by atoms with Gasteiger partial charge in [-0.1, -0.05) is 0 Å². The normalized spacial score (nSPS) is 14.8. The lowest BCUT2D eigenvalue weighted by Gasteiger charge is -2.32. The first-order chi connectivity index (χ1) is 14.0. The first-order valence-electron chi connectivity index (χ1n) is 9.78. The summed E-state index contributed by atoms with van der Waals surface area (Å²) in [6, 6.07) is 9.43. The number of rotatable bonds is 4. The number of piperidine rings is 1. The third-order valence-electron chi connectivity index (χ3n) is 5.23. The van der Waals surface area contributed by atoms with Gasteiger partial charge in [0.1, 0.15) is 11.5 Å². The van der Waals surface area contributed by atoms with E-state index in [4.69, 9.17) is 4.42 Å². The van der Waals surface area contributed by atoms with Gasteiger partial charge in [0, 0.05) is 49.0 Å². The lowest BCUT2D eigenvalue weighted by Crippen LogP contribution is -2.46. The molecule has 1 saturated heterocycles. The van der Waals surface area contributed by atoms with Crippen LogP contribution in [0, 0.1) is 13.8 Å². The SMILES string of the molecule is Cc1cc(C)c(C(=O)NC2CCN(C(=O)c3cc(-n4cccc4)ccn3)CC2)o1. The maximum Gasteiger partial charge on any atom is 0.287 e. The van der Waals surface area contributed by atoms with E-state index in [0.29, 0.717) is 37.4 Å². The summed E-state index contributed by atoms with van der Waals surface area (Å²) in [5.41, 5.74) is 2.17. The Bertz CT molecular complexity index is 1010. The molecule has 3 aromatic heterocycles. The van der Waals surface area contributed by atoms with Crippen LogP contribution in [0.4, 0.5) is 0 Å². The molecule has 150 valence electrons. The second kappa shape index (κ2) is 7.95. The number of likely N-dealkylation sites (tertiary alicyclic amines) is 1. The number of aryl methyl sites for hydroxylation is 2. The quantitative estimate of drug-likeness (QED) is 0.740. The molecular weight excluding hydrogens is 368 g/mol. The number of pyridine rings is 1. The summed E-state index contributed by atoms with van der Waals surface area (Å²) < 4.78 is 7.43. The Hall–Kier alpha value is -3.35. The van der Waals surface area contributed by atoms with E-state index in [9.17, 15) is 9.59 Å². The number of carbonyl (C=O) groups excluding carboxylic acids is 2. The molecule has 0 saturated carbocycles. The maximum atomic E-state index is 12.9. The third kappa shape index (κ3) is 4.08. The van der Waals surface area contributed by atoms with Crippen molar-refractivity contribution in [2.24, 2.45) is 0 Å². The van der Waals surface area contributed by atoms with Gasteiger partial charge in [0.15, 0.2) is 5.76 Å². The molecule has 1 N–H and O–H groups in total. The lowest BCUT2D eigenvalue weighted by atomic mass is 10.0. The molecule has 0 atom stereocenters. The molecule has 0 bridgehead atoms. The van der Waals surface area contributed by atoms with Gasteiger partial charge >= 0.3 is 0 Å². The number of amides is 2. The fraction of sp³-hybridized carbons (Fsp3) is 0.318.